The lowest BCUT2D eigenvalue weighted by molar-refractivity contribution is -0.136. The molecular weight excluding hydrogens is 326 g/mol. The van der Waals surface area contributed by atoms with Crippen LogP contribution in [0.4, 0.5) is 5.69 Å². The second-order valence-corrected chi connectivity index (χ2v) is 5.19. The van der Waals surface area contributed by atoms with Crippen molar-refractivity contribution in [3.63, 3.8) is 0 Å². The molecule has 8 nitrogen and oxygen atoms in total. The molecule has 0 saturated heterocycles. The lowest BCUT2D eigenvalue weighted by Crippen LogP contribution is -2.37. The van der Waals surface area contributed by atoms with Crippen LogP contribution in [-0.4, -0.2) is 55.0 Å². The summed E-state index contributed by atoms with van der Waals surface area (Å²) < 4.78 is 9.96. The van der Waals surface area contributed by atoms with Crippen molar-refractivity contribution in [3.8, 4) is 5.75 Å². The summed E-state index contributed by atoms with van der Waals surface area (Å²) in [5.41, 5.74) is 0.814. The highest BCUT2D eigenvalue weighted by molar-refractivity contribution is 5.95. The maximum absolute atomic E-state index is 12.0. The molecular formula is C17H19N3O5. The minimum atomic E-state index is -0.632. The first-order chi connectivity index (χ1) is 12.0. The zero-order chi connectivity index (χ0) is 18.2. The van der Waals surface area contributed by atoms with Crippen molar-refractivity contribution in [2.24, 2.45) is 0 Å². The summed E-state index contributed by atoms with van der Waals surface area (Å²) in [6.07, 6.45) is 1.58. The molecule has 0 radical (unpaired) electrons. The van der Waals surface area contributed by atoms with Crippen molar-refractivity contribution < 1.29 is 23.9 Å². The van der Waals surface area contributed by atoms with Gasteiger partial charge < -0.3 is 24.7 Å². The maximum Gasteiger partial charge on any atom is 0.355 e. The van der Waals surface area contributed by atoms with Crippen LogP contribution >= 0.6 is 0 Å². The molecule has 0 aliphatic carbocycles. The zero-order valence-corrected chi connectivity index (χ0v) is 13.9. The quantitative estimate of drug-likeness (QED) is 0.736. The number of methoxy groups -OCH3 is 1. The molecule has 0 aliphatic rings. The molecule has 0 unspecified atom stereocenters. The molecule has 1 heterocycles. The Morgan fingerprint density at radius 3 is 2.68 bits per heavy atom. The van der Waals surface area contributed by atoms with Gasteiger partial charge in [0.2, 0.25) is 5.91 Å². The monoisotopic (exact) mass is 345 g/mol. The van der Waals surface area contributed by atoms with E-state index in [1.807, 2.05) is 0 Å². The molecule has 8 heteroatoms. The van der Waals surface area contributed by atoms with Crippen molar-refractivity contribution in [2.75, 3.05) is 32.6 Å². The first kappa shape index (κ1) is 18.1. The molecule has 2 aromatic rings. The number of hydrogen-bond acceptors (Lipinski definition) is 5. The van der Waals surface area contributed by atoms with E-state index in [4.69, 9.17) is 9.47 Å². The molecule has 0 spiro atoms. The molecule has 1 aromatic heterocycles. The van der Waals surface area contributed by atoms with Gasteiger partial charge in [0.1, 0.15) is 11.4 Å². The summed E-state index contributed by atoms with van der Waals surface area (Å²) in [7, 11) is 2.98. The summed E-state index contributed by atoms with van der Waals surface area (Å²) >= 11 is 0. The van der Waals surface area contributed by atoms with Crippen molar-refractivity contribution in [1.82, 2.24) is 9.88 Å². The number of carbonyl (C=O) groups is 3. The van der Waals surface area contributed by atoms with Gasteiger partial charge in [0.05, 0.1) is 13.7 Å². The number of benzene rings is 1. The molecule has 25 heavy (non-hydrogen) atoms. The van der Waals surface area contributed by atoms with E-state index in [9.17, 15) is 14.4 Å². The molecule has 2 N–H and O–H groups in total. The number of nitrogens with one attached hydrogen (secondary N) is 2. The van der Waals surface area contributed by atoms with E-state index in [1.165, 1.54) is 25.1 Å². The number of nitrogens with zero attached hydrogens (tertiary/aromatic N) is 1. The molecule has 1 aromatic carbocycles. The number of H-pyrrole nitrogens is 1. The van der Waals surface area contributed by atoms with Crippen molar-refractivity contribution in [1.29, 1.82) is 0 Å². The minimum absolute atomic E-state index is 0.171. The molecule has 2 amide bonds. The average Bonchev–Trinajstić information content (AvgIpc) is 3.14. The summed E-state index contributed by atoms with van der Waals surface area (Å²) in [5, 5.41) is 2.66. The Labute approximate surface area is 144 Å². The van der Waals surface area contributed by atoms with Crippen LogP contribution in [0, 0.1) is 0 Å². The first-order valence-corrected chi connectivity index (χ1v) is 7.48. The molecule has 0 aliphatic heterocycles. The van der Waals surface area contributed by atoms with Crippen LogP contribution in [0.3, 0.4) is 0 Å². The van der Waals surface area contributed by atoms with Gasteiger partial charge in [0.25, 0.3) is 5.91 Å². The molecule has 0 saturated carbocycles. The van der Waals surface area contributed by atoms with E-state index in [1.54, 1.807) is 36.5 Å². The van der Waals surface area contributed by atoms with Gasteiger partial charge in [-0.2, -0.15) is 0 Å². The third kappa shape index (κ3) is 5.38. The van der Waals surface area contributed by atoms with Crippen LogP contribution in [0.25, 0.3) is 0 Å². The summed E-state index contributed by atoms with van der Waals surface area (Å²) in [4.78, 5) is 39.4. The van der Waals surface area contributed by atoms with E-state index in [-0.39, 0.29) is 18.1 Å². The second kappa shape index (κ2) is 8.53. The van der Waals surface area contributed by atoms with Gasteiger partial charge >= 0.3 is 5.97 Å². The van der Waals surface area contributed by atoms with Crippen molar-refractivity contribution in [2.45, 2.75) is 0 Å². The van der Waals surface area contributed by atoms with E-state index in [0.717, 1.165) is 0 Å². The summed E-state index contributed by atoms with van der Waals surface area (Å²) in [6.45, 7) is -0.614. The van der Waals surface area contributed by atoms with Gasteiger partial charge in [0.15, 0.2) is 6.61 Å². The SMILES string of the molecule is COc1cccc(NC(=O)CN(C)C(=O)COC(=O)c2ccc[nH]2)c1. The number of ether oxygens (including phenoxy) is 2. The van der Waals surface area contributed by atoms with Crippen molar-refractivity contribution >= 4 is 23.5 Å². The van der Waals surface area contributed by atoms with E-state index in [0.29, 0.717) is 11.4 Å². The fourth-order valence-electron chi connectivity index (χ4n) is 1.98. The Hall–Kier alpha value is -3.29. The van der Waals surface area contributed by atoms with E-state index < -0.39 is 18.5 Å². The fraction of sp³-hybridized carbons (Fsp3) is 0.235. The Morgan fingerprint density at radius 2 is 2.00 bits per heavy atom. The van der Waals surface area contributed by atoms with E-state index >= 15 is 0 Å². The number of amides is 2. The zero-order valence-electron chi connectivity index (χ0n) is 13.9. The van der Waals surface area contributed by atoms with Gasteiger partial charge in [-0.1, -0.05) is 6.07 Å². The third-order valence-corrected chi connectivity index (χ3v) is 3.30. The van der Waals surface area contributed by atoms with Crippen LogP contribution in [-0.2, 0) is 14.3 Å². The average molecular weight is 345 g/mol. The molecule has 0 atom stereocenters. The molecule has 0 bridgehead atoms. The van der Waals surface area contributed by atoms with Gasteiger partial charge in [-0.05, 0) is 24.3 Å². The Bertz CT molecular complexity index is 743. The molecule has 0 fully saturated rings. The van der Waals surface area contributed by atoms with Crippen LogP contribution in [0.5, 0.6) is 5.75 Å². The fourth-order valence-corrected chi connectivity index (χ4v) is 1.98. The Morgan fingerprint density at radius 1 is 1.20 bits per heavy atom. The van der Waals surface area contributed by atoms with E-state index in [2.05, 4.69) is 10.3 Å². The lowest BCUT2D eigenvalue weighted by Gasteiger charge is -2.16. The number of likely N-dealkylation sites (N-methyl/N-ethyl adjacent to an activating group) is 1. The number of hydrogen-bond donors (Lipinski definition) is 2. The number of carbonyl (C=O) groups excluding carboxylic acids is 3. The highest BCUT2D eigenvalue weighted by Gasteiger charge is 2.16. The van der Waals surface area contributed by atoms with Gasteiger partial charge in [-0.3, -0.25) is 9.59 Å². The minimum Gasteiger partial charge on any atom is -0.497 e. The number of rotatable bonds is 7. The van der Waals surface area contributed by atoms with Crippen LogP contribution in [0.2, 0.25) is 0 Å². The normalized spacial score (nSPS) is 10.0. The topological polar surface area (TPSA) is 101 Å². The third-order valence-electron chi connectivity index (χ3n) is 3.30. The van der Waals surface area contributed by atoms with Crippen LogP contribution in [0.1, 0.15) is 10.5 Å². The predicted octanol–water partition coefficient (Wildman–Crippen LogP) is 1.28. The number of aromatic nitrogens is 1. The van der Waals surface area contributed by atoms with Crippen LogP contribution < -0.4 is 10.1 Å². The van der Waals surface area contributed by atoms with Crippen molar-refractivity contribution in [3.05, 3.63) is 48.3 Å². The van der Waals surface area contributed by atoms with Gasteiger partial charge in [-0.15, -0.1) is 0 Å². The second-order valence-electron chi connectivity index (χ2n) is 5.19. The number of aromatic amines is 1. The molecule has 2 rings (SSSR count). The standard InChI is InChI=1S/C17H19N3O5/c1-20(16(22)11-25-17(23)14-7-4-8-18-14)10-15(21)19-12-5-3-6-13(9-12)24-2/h3-9,18H,10-11H2,1-2H3,(H,19,21). The summed E-state index contributed by atoms with van der Waals surface area (Å²) in [5.74, 6) is -0.883. The van der Waals surface area contributed by atoms with Gasteiger partial charge in [-0.25, -0.2) is 4.79 Å². The number of anilines is 1. The highest BCUT2D eigenvalue weighted by atomic mass is 16.5. The molecule has 132 valence electrons. The Balaban J connectivity index is 1.79. The lowest BCUT2D eigenvalue weighted by atomic mass is 10.3. The summed E-state index contributed by atoms with van der Waals surface area (Å²) in [6, 6.07) is 10.1. The highest BCUT2D eigenvalue weighted by Crippen LogP contribution is 2.16. The largest absolute Gasteiger partial charge is 0.497 e. The number of esters is 1. The smallest absolute Gasteiger partial charge is 0.355 e. The van der Waals surface area contributed by atoms with Crippen LogP contribution in [0.15, 0.2) is 42.6 Å². The van der Waals surface area contributed by atoms with Gasteiger partial charge in [0, 0.05) is 25.0 Å². The predicted molar refractivity (Wildman–Crippen MR) is 90.3 cm³/mol. The first-order valence-electron chi connectivity index (χ1n) is 7.48. The Kier molecular flexibility index (Phi) is 6.16. The maximum atomic E-state index is 12.0.